The third-order valence-corrected chi connectivity index (χ3v) is 2.25. The Balaban J connectivity index is 3.11. The van der Waals surface area contributed by atoms with Crippen molar-refractivity contribution in [3.05, 3.63) is 0 Å². The topological polar surface area (TPSA) is 3.24 Å². The van der Waals surface area contributed by atoms with Crippen molar-refractivity contribution in [1.29, 1.82) is 0 Å². The van der Waals surface area contributed by atoms with Gasteiger partial charge in [-0.05, 0) is 39.4 Å². The van der Waals surface area contributed by atoms with Crippen molar-refractivity contribution >= 4 is 0 Å². The lowest BCUT2D eigenvalue weighted by molar-refractivity contribution is 0.318. The molecule has 0 bridgehead atoms. The van der Waals surface area contributed by atoms with Crippen molar-refractivity contribution in [2.24, 2.45) is 0 Å². The zero-order valence-electron chi connectivity index (χ0n) is 9.18. The summed E-state index contributed by atoms with van der Waals surface area (Å²) in [6, 6.07) is 0. The second-order valence-electron chi connectivity index (χ2n) is 3.67. The molecule has 0 aliphatic heterocycles. The number of terminal acetylenes is 1. The van der Waals surface area contributed by atoms with Gasteiger partial charge < -0.3 is 4.90 Å². The van der Waals surface area contributed by atoms with E-state index in [9.17, 15) is 0 Å². The predicted molar refractivity (Wildman–Crippen MR) is 59.7 cm³/mol. The average Bonchev–Trinajstić information content (AvgIpc) is 2.13. The molecule has 0 aromatic rings. The van der Waals surface area contributed by atoms with Gasteiger partial charge in [-0.2, -0.15) is 0 Å². The Labute approximate surface area is 83.5 Å². The van der Waals surface area contributed by atoms with Gasteiger partial charge in [-0.1, -0.05) is 19.8 Å². The van der Waals surface area contributed by atoms with E-state index in [1.54, 1.807) is 0 Å². The first-order valence-corrected chi connectivity index (χ1v) is 5.43. The van der Waals surface area contributed by atoms with Crippen LogP contribution in [0, 0.1) is 12.3 Å². The van der Waals surface area contributed by atoms with E-state index in [2.05, 4.69) is 24.8 Å². The smallest absolute Gasteiger partial charge is 0.00865 e. The quantitative estimate of drug-likeness (QED) is 0.411. The maximum Gasteiger partial charge on any atom is 0.00865 e. The minimum atomic E-state index is 0.933. The van der Waals surface area contributed by atoms with Crippen LogP contribution >= 0.6 is 0 Å². The summed E-state index contributed by atoms with van der Waals surface area (Å²) in [4.78, 5) is 2.41. The van der Waals surface area contributed by atoms with Crippen molar-refractivity contribution in [2.75, 3.05) is 20.1 Å². The molecule has 1 nitrogen and oxygen atoms in total. The van der Waals surface area contributed by atoms with Crippen LogP contribution in [0.15, 0.2) is 0 Å². The lowest BCUT2D eigenvalue weighted by atomic mass is 10.2. The molecule has 0 aliphatic carbocycles. The molecule has 0 unspecified atom stereocenters. The third-order valence-electron chi connectivity index (χ3n) is 2.25. The van der Waals surface area contributed by atoms with E-state index < -0.39 is 0 Å². The van der Waals surface area contributed by atoms with Gasteiger partial charge in [-0.3, -0.25) is 0 Å². The van der Waals surface area contributed by atoms with Crippen molar-refractivity contribution in [3.8, 4) is 12.3 Å². The monoisotopic (exact) mass is 181 g/mol. The summed E-state index contributed by atoms with van der Waals surface area (Å²) < 4.78 is 0. The number of hydrogen-bond acceptors (Lipinski definition) is 1. The van der Waals surface area contributed by atoms with E-state index in [0.29, 0.717) is 0 Å². The predicted octanol–water partition coefficient (Wildman–Crippen LogP) is 2.91. The normalized spacial score (nSPS) is 10.3. The molecule has 0 radical (unpaired) electrons. The van der Waals surface area contributed by atoms with E-state index in [-0.39, 0.29) is 0 Å². The summed E-state index contributed by atoms with van der Waals surface area (Å²) in [6.07, 6.45) is 12.5. The summed E-state index contributed by atoms with van der Waals surface area (Å²) in [5, 5.41) is 0. The van der Waals surface area contributed by atoms with E-state index in [0.717, 1.165) is 6.42 Å². The molecule has 1 heteroatoms. The van der Waals surface area contributed by atoms with Crippen LogP contribution in [0.5, 0.6) is 0 Å². The summed E-state index contributed by atoms with van der Waals surface area (Å²) in [5.74, 6) is 2.68. The SMILES string of the molecule is C#CCCCCN(C)CCCCC. The molecule has 13 heavy (non-hydrogen) atoms. The summed E-state index contributed by atoms with van der Waals surface area (Å²) in [6.45, 7) is 4.68. The maximum absolute atomic E-state index is 5.18. The fraction of sp³-hybridized carbons (Fsp3) is 0.833. The van der Waals surface area contributed by atoms with Crippen molar-refractivity contribution in [1.82, 2.24) is 4.90 Å². The van der Waals surface area contributed by atoms with E-state index in [1.807, 2.05) is 0 Å². The fourth-order valence-electron chi connectivity index (χ4n) is 1.35. The molecule has 0 aliphatic rings. The van der Waals surface area contributed by atoms with Gasteiger partial charge in [-0.15, -0.1) is 12.3 Å². The highest BCUT2D eigenvalue weighted by molar-refractivity contribution is 4.82. The first-order valence-electron chi connectivity index (χ1n) is 5.43. The first-order chi connectivity index (χ1) is 6.31. The standard InChI is InChI=1S/C12H23N/c1-4-6-8-10-12-13(3)11-9-7-5-2/h1H,5-12H2,2-3H3. The molecule has 0 N–H and O–H groups in total. The van der Waals surface area contributed by atoms with Crippen LogP contribution in [0.25, 0.3) is 0 Å². The van der Waals surface area contributed by atoms with Gasteiger partial charge in [0, 0.05) is 6.42 Å². The largest absolute Gasteiger partial charge is 0.306 e. The van der Waals surface area contributed by atoms with Crippen LogP contribution in [0.1, 0.15) is 45.4 Å². The average molecular weight is 181 g/mol. The lowest BCUT2D eigenvalue weighted by Crippen LogP contribution is -2.20. The molecule has 0 spiro atoms. The molecule has 76 valence electrons. The zero-order valence-corrected chi connectivity index (χ0v) is 9.18. The van der Waals surface area contributed by atoms with Gasteiger partial charge in [0.05, 0.1) is 0 Å². The van der Waals surface area contributed by atoms with Crippen molar-refractivity contribution in [2.45, 2.75) is 45.4 Å². The molecule has 0 heterocycles. The van der Waals surface area contributed by atoms with Crippen LogP contribution in [0.2, 0.25) is 0 Å². The Hall–Kier alpha value is -0.480. The van der Waals surface area contributed by atoms with Gasteiger partial charge in [0.25, 0.3) is 0 Å². The minimum absolute atomic E-state index is 0.933. The highest BCUT2D eigenvalue weighted by Crippen LogP contribution is 1.99. The van der Waals surface area contributed by atoms with Crippen LogP contribution in [-0.2, 0) is 0 Å². The maximum atomic E-state index is 5.18. The number of nitrogens with zero attached hydrogens (tertiary/aromatic N) is 1. The summed E-state index contributed by atoms with van der Waals surface area (Å²) in [5.41, 5.74) is 0. The lowest BCUT2D eigenvalue weighted by Gasteiger charge is -2.15. The zero-order chi connectivity index (χ0) is 9.94. The molecule has 0 aromatic heterocycles. The van der Waals surface area contributed by atoms with Crippen molar-refractivity contribution in [3.63, 3.8) is 0 Å². The number of unbranched alkanes of at least 4 members (excludes halogenated alkanes) is 4. The molecular formula is C12H23N. The van der Waals surface area contributed by atoms with E-state index >= 15 is 0 Å². The molecule has 0 rings (SSSR count). The fourth-order valence-corrected chi connectivity index (χ4v) is 1.35. The van der Waals surface area contributed by atoms with Gasteiger partial charge in [-0.25, -0.2) is 0 Å². The molecule has 0 saturated heterocycles. The molecule has 0 aromatic carbocycles. The molecule has 0 atom stereocenters. The highest BCUT2D eigenvalue weighted by Gasteiger charge is 1.96. The van der Waals surface area contributed by atoms with Crippen LogP contribution < -0.4 is 0 Å². The van der Waals surface area contributed by atoms with Crippen LogP contribution in [0.4, 0.5) is 0 Å². The Morgan fingerprint density at radius 2 is 1.69 bits per heavy atom. The Bertz CT molecular complexity index is 135. The van der Waals surface area contributed by atoms with E-state index in [1.165, 1.54) is 45.2 Å². The van der Waals surface area contributed by atoms with Gasteiger partial charge in [0.2, 0.25) is 0 Å². The number of rotatable bonds is 8. The molecule has 0 saturated carbocycles. The van der Waals surface area contributed by atoms with Crippen LogP contribution in [-0.4, -0.2) is 25.0 Å². The Kier molecular flexibility index (Phi) is 9.25. The van der Waals surface area contributed by atoms with Crippen LogP contribution in [0.3, 0.4) is 0 Å². The van der Waals surface area contributed by atoms with Gasteiger partial charge >= 0.3 is 0 Å². The van der Waals surface area contributed by atoms with Gasteiger partial charge in [0.1, 0.15) is 0 Å². The molecule has 0 amide bonds. The number of hydrogen-bond donors (Lipinski definition) is 0. The summed E-state index contributed by atoms with van der Waals surface area (Å²) in [7, 11) is 2.20. The first kappa shape index (κ1) is 12.5. The molecular weight excluding hydrogens is 158 g/mol. The minimum Gasteiger partial charge on any atom is -0.306 e. The second-order valence-corrected chi connectivity index (χ2v) is 3.67. The highest BCUT2D eigenvalue weighted by atomic mass is 15.1. The third kappa shape index (κ3) is 9.43. The second kappa shape index (κ2) is 9.61. The Morgan fingerprint density at radius 3 is 2.23 bits per heavy atom. The summed E-state index contributed by atoms with van der Waals surface area (Å²) >= 11 is 0. The van der Waals surface area contributed by atoms with Gasteiger partial charge in [0.15, 0.2) is 0 Å². The molecule has 0 fully saturated rings. The Morgan fingerprint density at radius 1 is 1.08 bits per heavy atom. The van der Waals surface area contributed by atoms with E-state index in [4.69, 9.17) is 6.42 Å². The van der Waals surface area contributed by atoms with Crippen molar-refractivity contribution < 1.29 is 0 Å².